The first kappa shape index (κ1) is 14.2. The Balaban J connectivity index is 2.54. The summed E-state index contributed by atoms with van der Waals surface area (Å²) in [6.07, 6.45) is 0. The molecule has 0 aromatic heterocycles. The number of benzene rings is 2. The van der Waals surface area contributed by atoms with E-state index >= 15 is 0 Å². The molecule has 0 aliphatic carbocycles. The number of hydrogen-bond donors (Lipinski definition) is 1. The summed E-state index contributed by atoms with van der Waals surface area (Å²) in [5.41, 5.74) is -0.741. The molecule has 0 fully saturated rings. The van der Waals surface area contributed by atoms with E-state index in [0.29, 0.717) is 0 Å². The number of aryl methyl sites for hydroxylation is 1. The maximum Gasteiger partial charge on any atom is 0.311 e. The Kier molecular flexibility index (Phi) is 3.85. The van der Waals surface area contributed by atoms with Crippen molar-refractivity contribution in [2.75, 3.05) is 5.32 Å². The van der Waals surface area contributed by atoms with E-state index in [1.807, 2.05) is 0 Å². The van der Waals surface area contributed by atoms with Gasteiger partial charge < -0.3 is 5.32 Å². The standard InChI is InChI=1S/C13H9ClF2N2O2/c1-7-5-6-9(15)12(11(7)16)17-10-4-2-3-8(14)13(10)18(19)20/h2-6,17H,1H3. The molecule has 20 heavy (non-hydrogen) atoms. The monoisotopic (exact) mass is 298 g/mol. The number of nitro groups is 1. The van der Waals surface area contributed by atoms with E-state index in [9.17, 15) is 18.9 Å². The van der Waals surface area contributed by atoms with Gasteiger partial charge in [0.2, 0.25) is 0 Å². The summed E-state index contributed by atoms with van der Waals surface area (Å²) in [4.78, 5) is 10.3. The molecule has 0 atom stereocenters. The third-order valence-electron chi connectivity index (χ3n) is 2.71. The third kappa shape index (κ3) is 2.55. The van der Waals surface area contributed by atoms with Crippen LogP contribution < -0.4 is 5.32 Å². The molecule has 0 saturated carbocycles. The maximum absolute atomic E-state index is 13.9. The number of nitrogens with one attached hydrogen (secondary N) is 1. The van der Waals surface area contributed by atoms with Gasteiger partial charge in [0.15, 0.2) is 5.82 Å². The second-order valence-electron chi connectivity index (χ2n) is 4.07. The topological polar surface area (TPSA) is 55.2 Å². The molecule has 0 spiro atoms. The third-order valence-corrected chi connectivity index (χ3v) is 3.02. The molecule has 0 saturated heterocycles. The molecule has 0 bridgehead atoms. The Morgan fingerprint density at radius 3 is 2.60 bits per heavy atom. The quantitative estimate of drug-likeness (QED) is 0.666. The number of anilines is 2. The lowest BCUT2D eigenvalue weighted by atomic mass is 10.2. The molecule has 0 aliphatic rings. The second-order valence-corrected chi connectivity index (χ2v) is 4.48. The fourth-order valence-corrected chi connectivity index (χ4v) is 1.95. The van der Waals surface area contributed by atoms with E-state index in [1.165, 1.54) is 31.2 Å². The predicted molar refractivity (Wildman–Crippen MR) is 72.5 cm³/mol. The van der Waals surface area contributed by atoms with Crippen LogP contribution in [0.1, 0.15) is 5.56 Å². The van der Waals surface area contributed by atoms with E-state index in [0.717, 1.165) is 6.07 Å². The molecule has 2 aromatic carbocycles. The number of nitro benzene ring substituents is 1. The number of rotatable bonds is 3. The van der Waals surface area contributed by atoms with Crippen LogP contribution in [0.2, 0.25) is 5.02 Å². The fraction of sp³-hybridized carbons (Fsp3) is 0.0769. The molecular weight excluding hydrogens is 290 g/mol. The molecule has 0 aliphatic heterocycles. The van der Waals surface area contributed by atoms with Crippen LogP contribution in [0.25, 0.3) is 0 Å². The lowest BCUT2D eigenvalue weighted by Gasteiger charge is -2.11. The van der Waals surface area contributed by atoms with Crippen molar-refractivity contribution in [3.63, 3.8) is 0 Å². The summed E-state index contributed by atoms with van der Waals surface area (Å²) in [5.74, 6) is -1.65. The molecule has 2 aromatic rings. The molecule has 104 valence electrons. The van der Waals surface area contributed by atoms with Gasteiger partial charge in [0.05, 0.1) is 4.92 Å². The second kappa shape index (κ2) is 5.42. The highest BCUT2D eigenvalue weighted by Gasteiger charge is 2.21. The maximum atomic E-state index is 13.9. The van der Waals surface area contributed by atoms with Crippen LogP contribution in [0.4, 0.5) is 25.8 Å². The van der Waals surface area contributed by atoms with Crippen molar-refractivity contribution in [1.82, 2.24) is 0 Å². The van der Waals surface area contributed by atoms with Crippen molar-refractivity contribution < 1.29 is 13.7 Å². The zero-order valence-electron chi connectivity index (χ0n) is 10.3. The van der Waals surface area contributed by atoms with Gasteiger partial charge in [-0.05, 0) is 30.7 Å². The average Bonchev–Trinajstić information content (AvgIpc) is 2.39. The minimum Gasteiger partial charge on any atom is -0.345 e. The van der Waals surface area contributed by atoms with Crippen molar-refractivity contribution in [1.29, 1.82) is 0 Å². The van der Waals surface area contributed by atoms with Gasteiger partial charge in [0, 0.05) is 0 Å². The van der Waals surface area contributed by atoms with Crippen molar-refractivity contribution in [3.8, 4) is 0 Å². The first-order chi connectivity index (χ1) is 9.41. The first-order valence-electron chi connectivity index (χ1n) is 5.56. The van der Waals surface area contributed by atoms with Crippen LogP contribution in [-0.2, 0) is 0 Å². The Bertz CT molecular complexity index is 692. The summed E-state index contributed by atoms with van der Waals surface area (Å²) < 4.78 is 27.5. The minimum absolute atomic E-state index is 0.0779. The predicted octanol–water partition coefficient (Wildman–Crippen LogP) is 4.58. The van der Waals surface area contributed by atoms with E-state index in [-0.39, 0.29) is 16.3 Å². The van der Waals surface area contributed by atoms with Gasteiger partial charge in [0.1, 0.15) is 22.2 Å². The summed E-state index contributed by atoms with van der Waals surface area (Å²) in [7, 11) is 0. The molecule has 0 amide bonds. The highest BCUT2D eigenvalue weighted by Crippen LogP contribution is 2.35. The first-order valence-corrected chi connectivity index (χ1v) is 5.94. The highest BCUT2D eigenvalue weighted by molar-refractivity contribution is 6.33. The zero-order valence-corrected chi connectivity index (χ0v) is 11.0. The van der Waals surface area contributed by atoms with Crippen LogP contribution >= 0.6 is 11.6 Å². The van der Waals surface area contributed by atoms with Crippen LogP contribution in [0.5, 0.6) is 0 Å². The van der Waals surface area contributed by atoms with Crippen molar-refractivity contribution in [2.24, 2.45) is 0 Å². The molecule has 7 heteroatoms. The fourth-order valence-electron chi connectivity index (χ4n) is 1.71. The van der Waals surface area contributed by atoms with Gasteiger partial charge in [-0.2, -0.15) is 0 Å². The normalized spacial score (nSPS) is 10.4. The van der Waals surface area contributed by atoms with E-state index in [1.54, 1.807) is 0 Å². The number of halogens is 3. The van der Waals surface area contributed by atoms with Gasteiger partial charge in [-0.1, -0.05) is 23.7 Å². The van der Waals surface area contributed by atoms with Gasteiger partial charge >= 0.3 is 5.69 Å². The van der Waals surface area contributed by atoms with Crippen LogP contribution in [0.3, 0.4) is 0 Å². The van der Waals surface area contributed by atoms with E-state index in [2.05, 4.69) is 5.32 Å². The Hall–Kier alpha value is -2.21. The Morgan fingerprint density at radius 1 is 1.25 bits per heavy atom. The van der Waals surface area contributed by atoms with Crippen LogP contribution in [-0.4, -0.2) is 4.92 Å². The molecule has 1 N–H and O–H groups in total. The summed E-state index contributed by atoms with van der Waals surface area (Å²) in [6, 6.07) is 6.46. The lowest BCUT2D eigenvalue weighted by molar-refractivity contribution is -0.383. The molecular formula is C13H9ClF2N2O2. The number of hydrogen-bond acceptors (Lipinski definition) is 3. The average molecular weight is 299 g/mol. The zero-order chi connectivity index (χ0) is 14.9. The number of nitrogens with zero attached hydrogens (tertiary/aromatic N) is 1. The van der Waals surface area contributed by atoms with Gasteiger partial charge in [-0.3, -0.25) is 10.1 Å². The van der Waals surface area contributed by atoms with Gasteiger partial charge in [-0.15, -0.1) is 0 Å². The SMILES string of the molecule is Cc1ccc(F)c(Nc2cccc(Cl)c2[N+](=O)[O-])c1F. The van der Waals surface area contributed by atoms with Crippen molar-refractivity contribution >= 4 is 28.7 Å². The van der Waals surface area contributed by atoms with Gasteiger partial charge in [-0.25, -0.2) is 8.78 Å². The van der Waals surface area contributed by atoms with E-state index < -0.39 is 27.9 Å². The summed E-state index contributed by atoms with van der Waals surface area (Å²) in [5, 5.41) is 13.2. The summed E-state index contributed by atoms with van der Waals surface area (Å²) in [6.45, 7) is 1.46. The largest absolute Gasteiger partial charge is 0.345 e. The van der Waals surface area contributed by atoms with Gasteiger partial charge in [0.25, 0.3) is 0 Å². The molecule has 0 heterocycles. The molecule has 2 rings (SSSR count). The molecule has 0 unspecified atom stereocenters. The highest BCUT2D eigenvalue weighted by atomic mass is 35.5. The van der Waals surface area contributed by atoms with Crippen LogP contribution in [0.15, 0.2) is 30.3 Å². The lowest BCUT2D eigenvalue weighted by Crippen LogP contribution is -2.02. The minimum atomic E-state index is -0.845. The Labute approximate surface area is 118 Å². The smallest absolute Gasteiger partial charge is 0.311 e. The summed E-state index contributed by atoms with van der Waals surface area (Å²) >= 11 is 5.73. The Morgan fingerprint density at radius 2 is 1.95 bits per heavy atom. The van der Waals surface area contributed by atoms with E-state index in [4.69, 9.17) is 11.6 Å². The number of para-hydroxylation sites is 1. The van der Waals surface area contributed by atoms with Crippen LogP contribution in [0, 0.1) is 28.7 Å². The molecule has 4 nitrogen and oxygen atoms in total. The molecule has 0 radical (unpaired) electrons. The van der Waals surface area contributed by atoms with Crippen molar-refractivity contribution in [2.45, 2.75) is 6.92 Å². The van der Waals surface area contributed by atoms with Crippen molar-refractivity contribution in [3.05, 3.63) is 62.7 Å².